The van der Waals surface area contributed by atoms with Gasteiger partial charge in [0.1, 0.15) is 0 Å². The summed E-state index contributed by atoms with van der Waals surface area (Å²) in [5.74, 6) is 1.64. The van der Waals surface area contributed by atoms with Gasteiger partial charge < -0.3 is 9.42 Å². The fraction of sp³-hybridized carbons (Fsp3) is 0.300. The number of carbonyl (C=O) groups excluding carboxylic acids is 1. The lowest BCUT2D eigenvalue weighted by Crippen LogP contribution is -2.39. The van der Waals surface area contributed by atoms with Crippen LogP contribution in [-0.4, -0.2) is 39.0 Å². The maximum absolute atomic E-state index is 12.6. The van der Waals surface area contributed by atoms with Crippen LogP contribution in [0.3, 0.4) is 0 Å². The third kappa shape index (κ3) is 4.42. The Hall–Kier alpha value is -2.25. The predicted octanol–water partition coefficient (Wildman–Crippen LogP) is 4.64. The van der Waals surface area contributed by atoms with E-state index in [2.05, 4.69) is 31.1 Å². The van der Waals surface area contributed by atoms with Gasteiger partial charge in [0.2, 0.25) is 11.7 Å². The molecular formula is C20H18BrClN4O2. The van der Waals surface area contributed by atoms with Gasteiger partial charge in [-0.1, -0.05) is 16.8 Å². The highest BCUT2D eigenvalue weighted by molar-refractivity contribution is 9.10. The highest BCUT2D eigenvalue weighted by atomic mass is 79.9. The molecule has 8 heteroatoms. The molecule has 0 saturated carbocycles. The van der Waals surface area contributed by atoms with Crippen molar-refractivity contribution in [3.05, 3.63) is 63.7 Å². The lowest BCUT2D eigenvalue weighted by Gasteiger charge is -2.31. The molecule has 1 aliphatic heterocycles. The van der Waals surface area contributed by atoms with Gasteiger partial charge in [0.05, 0.1) is 5.56 Å². The van der Waals surface area contributed by atoms with Gasteiger partial charge in [0.25, 0.3) is 5.91 Å². The minimum Gasteiger partial charge on any atom is -0.339 e. The molecule has 1 aliphatic rings. The Labute approximate surface area is 176 Å². The summed E-state index contributed by atoms with van der Waals surface area (Å²) >= 11 is 9.28. The third-order valence-corrected chi connectivity index (χ3v) is 5.57. The van der Waals surface area contributed by atoms with Gasteiger partial charge in [-0.25, -0.2) is 0 Å². The number of piperidine rings is 1. The summed E-state index contributed by atoms with van der Waals surface area (Å²) in [6.07, 6.45) is 5.82. The van der Waals surface area contributed by atoms with Gasteiger partial charge in [0.15, 0.2) is 0 Å². The van der Waals surface area contributed by atoms with Crippen LogP contribution in [0.5, 0.6) is 0 Å². The number of carbonyl (C=O) groups is 1. The van der Waals surface area contributed by atoms with Crippen molar-refractivity contribution in [1.82, 2.24) is 20.0 Å². The van der Waals surface area contributed by atoms with Gasteiger partial charge in [-0.3, -0.25) is 9.78 Å². The van der Waals surface area contributed by atoms with Crippen LogP contribution in [0.25, 0.3) is 11.4 Å². The van der Waals surface area contributed by atoms with Crippen LogP contribution >= 0.6 is 27.5 Å². The van der Waals surface area contributed by atoms with E-state index in [1.54, 1.807) is 30.6 Å². The van der Waals surface area contributed by atoms with E-state index in [4.69, 9.17) is 16.1 Å². The summed E-state index contributed by atoms with van der Waals surface area (Å²) in [6, 6.07) is 9.16. The van der Waals surface area contributed by atoms with E-state index in [1.807, 2.05) is 17.0 Å². The molecule has 0 unspecified atom stereocenters. The van der Waals surface area contributed by atoms with Crippen LogP contribution < -0.4 is 0 Å². The summed E-state index contributed by atoms with van der Waals surface area (Å²) in [5.41, 5.74) is 1.49. The van der Waals surface area contributed by atoms with Gasteiger partial charge in [-0.15, -0.1) is 0 Å². The largest absolute Gasteiger partial charge is 0.339 e. The number of hydrogen-bond donors (Lipinski definition) is 0. The summed E-state index contributed by atoms with van der Waals surface area (Å²) in [4.78, 5) is 23.1. The molecule has 28 heavy (non-hydrogen) atoms. The average molecular weight is 462 g/mol. The summed E-state index contributed by atoms with van der Waals surface area (Å²) in [5, 5.41) is 4.74. The Kier molecular flexibility index (Phi) is 5.73. The molecule has 1 aromatic carbocycles. The monoisotopic (exact) mass is 460 g/mol. The van der Waals surface area contributed by atoms with Crippen molar-refractivity contribution in [2.45, 2.75) is 19.3 Å². The highest BCUT2D eigenvalue weighted by Gasteiger charge is 2.25. The van der Waals surface area contributed by atoms with Crippen LogP contribution in [0.2, 0.25) is 5.02 Å². The number of likely N-dealkylation sites (tertiary alicyclic amines) is 1. The Balaban J connectivity index is 1.33. The van der Waals surface area contributed by atoms with E-state index in [0.29, 0.717) is 41.3 Å². The summed E-state index contributed by atoms with van der Waals surface area (Å²) in [7, 11) is 0. The fourth-order valence-electron chi connectivity index (χ4n) is 3.35. The van der Waals surface area contributed by atoms with E-state index in [-0.39, 0.29) is 5.91 Å². The number of amides is 1. The fourth-order valence-corrected chi connectivity index (χ4v) is 3.84. The molecule has 0 N–H and O–H groups in total. The number of aromatic nitrogens is 3. The number of hydrogen-bond acceptors (Lipinski definition) is 5. The molecule has 3 heterocycles. The maximum atomic E-state index is 12.6. The first-order chi connectivity index (χ1) is 13.6. The quantitative estimate of drug-likeness (QED) is 0.566. The molecule has 2 aromatic heterocycles. The third-order valence-electron chi connectivity index (χ3n) is 4.89. The molecule has 1 fully saturated rings. The van der Waals surface area contributed by atoms with Gasteiger partial charge in [-0.05, 0) is 65.0 Å². The van der Waals surface area contributed by atoms with E-state index >= 15 is 0 Å². The smallest absolute Gasteiger partial charge is 0.255 e. The Morgan fingerprint density at radius 3 is 2.68 bits per heavy atom. The van der Waals surface area contributed by atoms with E-state index in [0.717, 1.165) is 29.3 Å². The molecule has 0 radical (unpaired) electrons. The molecule has 0 atom stereocenters. The van der Waals surface area contributed by atoms with Crippen molar-refractivity contribution >= 4 is 33.4 Å². The lowest BCUT2D eigenvalue weighted by atomic mass is 9.93. The zero-order valence-corrected chi connectivity index (χ0v) is 17.4. The number of rotatable bonds is 4. The minimum atomic E-state index is 0.0232. The highest BCUT2D eigenvalue weighted by Crippen LogP contribution is 2.24. The maximum Gasteiger partial charge on any atom is 0.255 e. The molecule has 3 aromatic rings. The Morgan fingerprint density at radius 2 is 1.96 bits per heavy atom. The van der Waals surface area contributed by atoms with Crippen molar-refractivity contribution in [3.8, 4) is 11.4 Å². The summed E-state index contributed by atoms with van der Waals surface area (Å²) in [6.45, 7) is 1.43. The zero-order chi connectivity index (χ0) is 19.5. The van der Waals surface area contributed by atoms with Crippen LogP contribution in [0.1, 0.15) is 29.1 Å². The van der Waals surface area contributed by atoms with Crippen molar-refractivity contribution in [1.29, 1.82) is 0 Å². The second kappa shape index (κ2) is 8.41. The minimum absolute atomic E-state index is 0.0232. The first-order valence-electron chi connectivity index (χ1n) is 9.07. The van der Waals surface area contributed by atoms with Crippen molar-refractivity contribution in [3.63, 3.8) is 0 Å². The number of nitrogens with zero attached hydrogens (tertiary/aromatic N) is 4. The second-order valence-corrected chi connectivity index (χ2v) is 8.20. The average Bonchev–Trinajstić information content (AvgIpc) is 3.17. The molecule has 1 amide bonds. The van der Waals surface area contributed by atoms with E-state index in [9.17, 15) is 4.79 Å². The van der Waals surface area contributed by atoms with Crippen molar-refractivity contribution in [2.75, 3.05) is 13.1 Å². The normalized spacial score (nSPS) is 15.0. The molecule has 0 spiro atoms. The number of halogens is 2. The molecule has 0 bridgehead atoms. The SMILES string of the molecule is O=C(c1cncc(Br)c1)N1CCC(Cc2nc(-c3ccc(Cl)cc3)no2)CC1. The van der Waals surface area contributed by atoms with Gasteiger partial charge in [-0.2, -0.15) is 4.98 Å². The van der Waals surface area contributed by atoms with Crippen LogP contribution in [0, 0.1) is 5.92 Å². The molecule has 1 saturated heterocycles. The predicted molar refractivity (Wildman–Crippen MR) is 109 cm³/mol. The second-order valence-electron chi connectivity index (χ2n) is 6.85. The van der Waals surface area contributed by atoms with Gasteiger partial charge in [0, 0.05) is 47.0 Å². The molecule has 0 aliphatic carbocycles. The zero-order valence-electron chi connectivity index (χ0n) is 15.0. The first-order valence-corrected chi connectivity index (χ1v) is 10.2. The van der Waals surface area contributed by atoms with Crippen LogP contribution in [-0.2, 0) is 6.42 Å². The summed E-state index contributed by atoms with van der Waals surface area (Å²) < 4.78 is 6.23. The van der Waals surface area contributed by atoms with Crippen molar-refractivity contribution in [2.24, 2.45) is 5.92 Å². The Morgan fingerprint density at radius 1 is 1.21 bits per heavy atom. The standard InChI is InChI=1S/C20H18BrClN4O2/c21-16-10-15(11-23-12-16)20(27)26-7-5-13(6-8-26)9-18-24-19(25-28-18)14-1-3-17(22)4-2-14/h1-4,10-13H,5-9H2. The molecule has 4 rings (SSSR count). The molecule has 6 nitrogen and oxygen atoms in total. The number of benzene rings is 1. The first kappa shape index (κ1) is 19.1. The molecular weight excluding hydrogens is 444 g/mol. The van der Waals surface area contributed by atoms with Gasteiger partial charge >= 0.3 is 0 Å². The van der Waals surface area contributed by atoms with Crippen LogP contribution in [0.15, 0.2) is 51.7 Å². The van der Waals surface area contributed by atoms with E-state index in [1.165, 1.54) is 0 Å². The van der Waals surface area contributed by atoms with E-state index < -0.39 is 0 Å². The lowest BCUT2D eigenvalue weighted by molar-refractivity contribution is 0.0687. The van der Waals surface area contributed by atoms with Crippen molar-refractivity contribution < 1.29 is 9.32 Å². The number of pyridine rings is 1. The van der Waals surface area contributed by atoms with Crippen LogP contribution in [0.4, 0.5) is 0 Å². The topological polar surface area (TPSA) is 72.1 Å². The molecule has 144 valence electrons. The Bertz CT molecular complexity index is 968.